The molecule has 0 unspecified atom stereocenters. The van der Waals surface area contributed by atoms with E-state index in [1.165, 1.54) is 30.3 Å². The van der Waals surface area contributed by atoms with E-state index in [0.29, 0.717) is 23.8 Å². The largest absolute Gasteiger partial charge is 0.465 e. The number of amides is 1. The first-order chi connectivity index (χ1) is 12.3. The number of rotatable bonds is 3. The number of allylic oxidation sites excluding steroid dienone is 1. The maximum atomic E-state index is 13.3. The number of carbonyl (C=O) groups is 2. The minimum atomic E-state index is -4.53. The highest BCUT2D eigenvalue weighted by molar-refractivity contribution is 5.82. The molecule has 2 aromatic rings. The molecule has 0 fully saturated rings. The van der Waals surface area contributed by atoms with E-state index in [9.17, 15) is 22.8 Å². The van der Waals surface area contributed by atoms with Crippen LogP contribution in [0.4, 0.5) is 18.0 Å². The van der Waals surface area contributed by atoms with Gasteiger partial charge in [-0.25, -0.2) is 4.79 Å². The summed E-state index contributed by atoms with van der Waals surface area (Å²) in [4.78, 5) is 22.8. The van der Waals surface area contributed by atoms with Crippen molar-refractivity contribution in [2.75, 3.05) is 0 Å². The lowest BCUT2D eigenvalue weighted by Gasteiger charge is -2.30. The number of benzene rings is 2. The van der Waals surface area contributed by atoms with E-state index >= 15 is 0 Å². The van der Waals surface area contributed by atoms with Crippen molar-refractivity contribution in [1.29, 1.82) is 0 Å². The fraction of sp³-hybridized carbons (Fsp3) is 0.158. The fourth-order valence-electron chi connectivity index (χ4n) is 3.17. The maximum Gasteiger partial charge on any atom is 0.417 e. The lowest BCUT2D eigenvalue weighted by atomic mass is 9.80. The highest BCUT2D eigenvalue weighted by atomic mass is 19.4. The number of carbonyl (C=O) groups excluding carboxylic acids is 1. The molecule has 2 aromatic carbocycles. The zero-order chi connectivity index (χ0) is 18.9. The van der Waals surface area contributed by atoms with Gasteiger partial charge in [0.05, 0.1) is 5.56 Å². The van der Waals surface area contributed by atoms with Crippen LogP contribution in [0.5, 0.6) is 0 Å². The van der Waals surface area contributed by atoms with Crippen LogP contribution in [-0.4, -0.2) is 17.5 Å². The molecule has 1 amide bonds. The van der Waals surface area contributed by atoms with Gasteiger partial charge in [-0.2, -0.15) is 13.2 Å². The van der Waals surface area contributed by atoms with Crippen molar-refractivity contribution in [2.45, 2.75) is 18.1 Å². The molecule has 7 heteroatoms. The maximum absolute atomic E-state index is 13.3. The summed E-state index contributed by atoms with van der Waals surface area (Å²) in [5.41, 5.74) is -1.21. The molecule has 4 nitrogen and oxygen atoms in total. The second kappa shape index (κ2) is 6.33. The molecule has 1 atom stereocenters. The van der Waals surface area contributed by atoms with Crippen molar-refractivity contribution in [2.24, 2.45) is 0 Å². The summed E-state index contributed by atoms with van der Waals surface area (Å²) >= 11 is 0. The number of fused-ring (bicyclic) bond motifs is 1. The molecule has 0 bridgehead atoms. The van der Waals surface area contributed by atoms with E-state index in [4.69, 9.17) is 5.11 Å². The van der Waals surface area contributed by atoms with Gasteiger partial charge in [0.2, 0.25) is 0 Å². The summed E-state index contributed by atoms with van der Waals surface area (Å²) < 4.78 is 39.9. The third-order valence-electron chi connectivity index (χ3n) is 4.32. The fourth-order valence-corrected chi connectivity index (χ4v) is 3.17. The first-order valence-electron chi connectivity index (χ1n) is 7.72. The van der Waals surface area contributed by atoms with E-state index in [2.05, 4.69) is 5.32 Å². The quantitative estimate of drug-likeness (QED) is 0.638. The van der Waals surface area contributed by atoms with Gasteiger partial charge in [-0.1, -0.05) is 42.5 Å². The molecule has 0 aliphatic heterocycles. The van der Waals surface area contributed by atoms with Crippen LogP contribution in [0.2, 0.25) is 0 Å². The molecule has 0 saturated carbocycles. The summed E-state index contributed by atoms with van der Waals surface area (Å²) in [6.45, 7) is 0. The summed E-state index contributed by atoms with van der Waals surface area (Å²) in [7, 11) is 0. The predicted octanol–water partition coefficient (Wildman–Crippen LogP) is 4.15. The molecule has 0 heterocycles. The average molecular weight is 361 g/mol. The molecule has 2 N–H and O–H groups in total. The Hall–Kier alpha value is -3.09. The lowest BCUT2D eigenvalue weighted by Crippen LogP contribution is -2.46. The molecule has 1 aliphatic carbocycles. The Labute approximate surface area is 147 Å². The van der Waals surface area contributed by atoms with E-state index < -0.39 is 23.4 Å². The van der Waals surface area contributed by atoms with Crippen LogP contribution >= 0.6 is 0 Å². The van der Waals surface area contributed by atoms with Crippen LogP contribution in [0.25, 0.3) is 11.1 Å². The van der Waals surface area contributed by atoms with Crippen LogP contribution in [0.1, 0.15) is 16.7 Å². The van der Waals surface area contributed by atoms with Crippen LogP contribution in [-0.2, 0) is 22.9 Å². The third-order valence-corrected chi connectivity index (χ3v) is 4.32. The van der Waals surface area contributed by atoms with Gasteiger partial charge in [-0.05, 0) is 40.8 Å². The van der Waals surface area contributed by atoms with E-state index in [0.717, 1.165) is 6.07 Å². The number of hydrogen-bond acceptors (Lipinski definition) is 2. The molecular weight excluding hydrogens is 347 g/mol. The minimum absolute atomic E-state index is 0.0347. The average Bonchev–Trinajstić information content (AvgIpc) is 2.60. The van der Waals surface area contributed by atoms with Crippen molar-refractivity contribution >= 4 is 12.4 Å². The summed E-state index contributed by atoms with van der Waals surface area (Å²) in [6.07, 6.45) is -1.99. The van der Waals surface area contributed by atoms with Gasteiger partial charge in [-0.15, -0.1) is 0 Å². The molecule has 3 rings (SSSR count). The Bertz CT molecular complexity index is 905. The number of carboxylic acid groups (broad SMARTS) is 1. The van der Waals surface area contributed by atoms with Crippen molar-refractivity contribution < 1.29 is 27.9 Å². The highest BCUT2D eigenvalue weighted by Crippen LogP contribution is 2.39. The van der Waals surface area contributed by atoms with Crippen LogP contribution in [0.3, 0.4) is 0 Å². The molecule has 0 spiro atoms. The van der Waals surface area contributed by atoms with Gasteiger partial charge in [0.15, 0.2) is 6.29 Å². The first kappa shape index (κ1) is 17.7. The van der Waals surface area contributed by atoms with Gasteiger partial charge in [-0.3, -0.25) is 4.79 Å². The van der Waals surface area contributed by atoms with Crippen LogP contribution in [0, 0.1) is 0 Å². The number of alkyl halides is 3. The minimum Gasteiger partial charge on any atom is -0.465 e. The smallest absolute Gasteiger partial charge is 0.417 e. The van der Waals surface area contributed by atoms with Crippen molar-refractivity contribution in [3.05, 3.63) is 71.3 Å². The molecule has 134 valence electrons. The Morgan fingerprint density at radius 2 is 1.92 bits per heavy atom. The standard InChI is InChI=1S/C19H14F3NO3/c20-19(21,22)15-6-2-1-5-14(15)13-8-7-12-4-3-9-18(11-24,16(12)10-13)23-17(25)26/h1-3,5-11,23H,4H2,(H,25,26)/t18-/m1/s1. The third kappa shape index (κ3) is 3.08. The highest BCUT2D eigenvalue weighted by Gasteiger charge is 2.37. The van der Waals surface area contributed by atoms with Gasteiger partial charge >= 0.3 is 12.3 Å². The number of aldehydes is 1. The molecule has 26 heavy (non-hydrogen) atoms. The molecule has 0 aromatic heterocycles. The SMILES string of the molecule is O=C[C@]1(NC(=O)O)C=CCc2ccc(-c3ccccc3C(F)(F)F)cc21. The summed E-state index contributed by atoms with van der Waals surface area (Å²) in [5.74, 6) is 0. The van der Waals surface area contributed by atoms with Crippen LogP contribution < -0.4 is 5.32 Å². The van der Waals surface area contributed by atoms with E-state index in [1.807, 2.05) is 0 Å². The Balaban J connectivity index is 2.19. The van der Waals surface area contributed by atoms with Gasteiger partial charge < -0.3 is 10.4 Å². The first-order valence-corrected chi connectivity index (χ1v) is 7.72. The normalized spacial score (nSPS) is 18.9. The topological polar surface area (TPSA) is 66.4 Å². The van der Waals surface area contributed by atoms with Crippen LogP contribution in [0.15, 0.2) is 54.6 Å². The lowest BCUT2D eigenvalue weighted by molar-refractivity contribution is -0.137. The molecular formula is C19H14F3NO3. The zero-order valence-corrected chi connectivity index (χ0v) is 13.4. The van der Waals surface area contributed by atoms with Gasteiger partial charge in [0, 0.05) is 0 Å². The second-order valence-corrected chi connectivity index (χ2v) is 5.94. The number of nitrogens with one attached hydrogen (secondary N) is 1. The summed E-state index contributed by atoms with van der Waals surface area (Å²) in [6, 6.07) is 9.71. The molecule has 0 saturated heterocycles. The van der Waals surface area contributed by atoms with Crippen molar-refractivity contribution in [3.63, 3.8) is 0 Å². The van der Waals surface area contributed by atoms with E-state index in [1.54, 1.807) is 18.2 Å². The molecule has 1 aliphatic rings. The summed E-state index contributed by atoms with van der Waals surface area (Å²) in [5, 5.41) is 11.2. The van der Waals surface area contributed by atoms with Crippen molar-refractivity contribution in [1.82, 2.24) is 5.32 Å². The van der Waals surface area contributed by atoms with Gasteiger partial charge in [0.1, 0.15) is 5.54 Å². The Morgan fingerprint density at radius 1 is 1.19 bits per heavy atom. The monoisotopic (exact) mass is 361 g/mol. The van der Waals surface area contributed by atoms with Gasteiger partial charge in [0.25, 0.3) is 0 Å². The zero-order valence-electron chi connectivity index (χ0n) is 13.4. The Kier molecular flexibility index (Phi) is 4.31. The predicted molar refractivity (Wildman–Crippen MR) is 88.6 cm³/mol. The number of hydrogen-bond donors (Lipinski definition) is 2. The van der Waals surface area contributed by atoms with E-state index in [-0.39, 0.29) is 11.1 Å². The number of halogens is 3. The van der Waals surface area contributed by atoms with Crippen molar-refractivity contribution in [3.8, 4) is 11.1 Å². The Morgan fingerprint density at radius 3 is 2.58 bits per heavy atom. The molecule has 0 radical (unpaired) electrons. The second-order valence-electron chi connectivity index (χ2n) is 5.94.